The van der Waals surface area contributed by atoms with Gasteiger partial charge in [-0.15, -0.1) is 0 Å². The Morgan fingerprint density at radius 1 is 0.844 bits per heavy atom. The standard InChI is InChI=1S/C10H19NO3.C6H13NO.C4H8O.CH4.4H2S/c1-10(2,3)14-9(13)11-7-5-4-6-8(7)12;1-7-5-3-2-4-6(5)8;1-2-4-5-3-1;;;;;/h7-8,12H,4-6H2,1-3H3,(H,11,13);5-8H,2-4H2,1H3;1-4H2;1H4;4*1H2/t7-,8-;5-,6-;;;;;;/m00....../s1. The van der Waals surface area contributed by atoms with Gasteiger partial charge in [0.15, 0.2) is 0 Å². The lowest BCUT2D eigenvalue weighted by Gasteiger charge is -2.22. The van der Waals surface area contributed by atoms with E-state index in [1.165, 1.54) is 19.3 Å². The predicted octanol–water partition coefficient (Wildman–Crippen LogP) is 3.43. The molecule has 200 valence electrons. The van der Waals surface area contributed by atoms with E-state index in [-0.39, 0.29) is 73.6 Å². The fraction of sp³-hybridized carbons (Fsp3) is 0.952. The van der Waals surface area contributed by atoms with Crippen molar-refractivity contribution >= 4 is 60.1 Å². The molecule has 11 heteroatoms. The summed E-state index contributed by atoms with van der Waals surface area (Å²) in [5.41, 5.74) is -0.479. The lowest BCUT2D eigenvalue weighted by molar-refractivity contribution is 0.0449. The minimum absolute atomic E-state index is 0. The normalized spacial score (nSPS) is 25.3. The van der Waals surface area contributed by atoms with Crippen LogP contribution < -0.4 is 10.6 Å². The van der Waals surface area contributed by atoms with Crippen LogP contribution in [0.3, 0.4) is 0 Å². The molecule has 7 nitrogen and oxygen atoms in total. The molecule has 2 aliphatic carbocycles. The second-order valence-electron chi connectivity index (χ2n) is 8.46. The summed E-state index contributed by atoms with van der Waals surface area (Å²) < 4.78 is 10.0. The maximum atomic E-state index is 11.3. The molecule has 4 N–H and O–H groups in total. The van der Waals surface area contributed by atoms with Crippen LogP contribution in [0.5, 0.6) is 0 Å². The van der Waals surface area contributed by atoms with Crippen molar-refractivity contribution in [2.24, 2.45) is 0 Å². The Labute approximate surface area is 224 Å². The number of aliphatic hydroxyl groups excluding tert-OH is 2. The molecule has 0 aromatic rings. The van der Waals surface area contributed by atoms with Crippen molar-refractivity contribution in [3.63, 3.8) is 0 Å². The average Bonchev–Trinajstić information content (AvgIpc) is 3.31. The summed E-state index contributed by atoms with van der Waals surface area (Å²) in [4.78, 5) is 11.3. The quantitative estimate of drug-likeness (QED) is 0.428. The van der Waals surface area contributed by atoms with Crippen LogP contribution in [0.4, 0.5) is 4.79 Å². The van der Waals surface area contributed by atoms with Crippen molar-refractivity contribution in [1.29, 1.82) is 0 Å². The van der Waals surface area contributed by atoms with Gasteiger partial charge in [0.2, 0.25) is 0 Å². The molecule has 3 aliphatic rings. The van der Waals surface area contributed by atoms with Gasteiger partial charge in [0.25, 0.3) is 0 Å². The minimum atomic E-state index is -0.479. The van der Waals surface area contributed by atoms with E-state index in [9.17, 15) is 9.90 Å². The third-order valence-corrected chi connectivity index (χ3v) is 4.86. The molecule has 32 heavy (non-hydrogen) atoms. The molecule has 1 heterocycles. The SMILES string of the molecule is C.C1CCOC1.CC(C)(C)OC(=O)N[C@H]1CCC[C@@H]1O.CN[C@H]1CCC[C@@H]1O.S.S.S.S. The third kappa shape index (κ3) is 19.9. The van der Waals surface area contributed by atoms with Crippen molar-refractivity contribution < 1.29 is 24.5 Å². The first-order valence-corrected chi connectivity index (χ1v) is 10.3. The zero-order chi connectivity index (χ0) is 20.3. The first-order valence-electron chi connectivity index (χ1n) is 10.3. The lowest BCUT2D eigenvalue weighted by Crippen LogP contribution is -2.42. The number of aliphatic hydroxyl groups is 2. The Balaban J connectivity index is -0.000000117. The summed E-state index contributed by atoms with van der Waals surface area (Å²) in [6.45, 7) is 7.45. The van der Waals surface area contributed by atoms with E-state index in [4.69, 9.17) is 14.6 Å². The first-order chi connectivity index (χ1) is 12.7. The van der Waals surface area contributed by atoms with Gasteiger partial charge in [0.05, 0.1) is 18.2 Å². The Hall–Kier alpha value is 0.510. The van der Waals surface area contributed by atoms with Crippen LogP contribution in [0.25, 0.3) is 0 Å². The van der Waals surface area contributed by atoms with Crippen LogP contribution in [-0.2, 0) is 9.47 Å². The topological polar surface area (TPSA) is 100 Å². The molecule has 1 saturated heterocycles. The van der Waals surface area contributed by atoms with Crippen LogP contribution in [0.15, 0.2) is 0 Å². The van der Waals surface area contributed by atoms with Crippen LogP contribution in [-0.4, -0.2) is 66.5 Å². The molecular weight excluding hydrogens is 489 g/mol. The number of amides is 1. The molecule has 3 fully saturated rings. The van der Waals surface area contributed by atoms with Crippen LogP contribution in [0.1, 0.15) is 79.6 Å². The molecule has 0 aromatic heterocycles. The molecule has 1 amide bonds. The zero-order valence-corrected chi connectivity index (χ0v) is 23.5. The molecule has 0 aromatic carbocycles. The van der Waals surface area contributed by atoms with E-state index < -0.39 is 17.8 Å². The fourth-order valence-electron chi connectivity index (χ4n) is 3.36. The van der Waals surface area contributed by atoms with Crippen LogP contribution in [0, 0.1) is 0 Å². The zero-order valence-electron chi connectivity index (χ0n) is 19.5. The summed E-state index contributed by atoms with van der Waals surface area (Å²) in [6.07, 6.45) is 7.46. The highest BCUT2D eigenvalue weighted by Gasteiger charge is 2.28. The molecule has 4 atom stereocenters. The van der Waals surface area contributed by atoms with Crippen molar-refractivity contribution in [2.75, 3.05) is 20.3 Å². The van der Waals surface area contributed by atoms with Crippen molar-refractivity contribution in [3.05, 3.63) is 0 Å². The Morgan fingerprint density at radius 3 is 1.53 bits per heavy atom. The van der Waals surface area contributed by atoms with Crippen LogP contribution in [0.2, 0.25) is 0 Å². The number of nitrogens with one attached hydrogen (secondary N) is 2. The van der Waals surface area contributed by atoms with E-state index in [0.29, 0.717) is 6.04 Å². The smallest absolute Gasteiger partial charge is 0.407 e. The Bertz CT molecular complexity index is 420. The lowest BCUT2D eigenvalue weighted by atomic mass is 10.2. The maximum Gasteiger partial charge on any atom is 0.407 e. The largest absolute Gasteiger partial charge is 0.444 e. The van der Waals surface area contributed by atoms with E-state index in [2.05, 4.69) is 10.6 Å². The summed E-state index contributed by atoms with van der Waals surface area (Å²) in [5.74, 6) is 0. The summed E-state index contributed by atoms with van der Waals surface area (Å²) >= 11 is 0. The number of rotatable bonds is 2. The van der Waals surface area contributed by atoms with Gasteiger partial charge in [0, 0.05) is 19.3 Å². The first kappa shape index (κ1) is 42.7. The van der Waals surface area contributed by atoms with E-state index in [0.717, 1.165) is 45.3 Å². The maximum absolute atomic E-state index is 11.3. The van der Waals surface area contributed by atoms with Gasteiger partial charge >= 0.3 is 6.09 Å². The Morgan fingerprint density at radius 2 is 1.28 bits per heavy atom. The highest BCUT2D eigenvalue weighted by Crippen LogP contribution is 2.19. The minimum Gasteiger partial charge on any atom is -0.444 e. The van der Waals surface area contributed by atoms with Crippen LogP contribution >= 0.6 is 54.0 Å². The summed E-state index contributed by atoms with van der Waals surface area (Å²) in [7, 11) is 1.90. The van der Waals surface area contributed by atoms with Gasteiger partial charge in [-0.1, -0.05) is 7.43 Å². The third-order valence-electron chi connectivity index (χ3n) is 4.86. The highest BCUT2D eigenvalue weighted by atomic mass is 32.1. The van der Waals surface area contributed by atoms with Gasteiger partial charge in [0.1, 0.15) is 5.60 Å². The van der Waals surface area contributed by atoms with Crippen molar-refractivity contribution in [2.45, 2.75) is 109 Å². The molecule has 2 saturated carbocycles. The van der Waals surface area contributed by atoms with Crippen molar-refractivity contribution in [1.82, 2.24) is 10.6 Å². The molecule has 0 radical (unpaired) electrons. The number of likely N-dealkylation sites (N-methyl/N-ethyl adjacent to an activating group) is 1. The number of alkyl carbamates (subject to hydrolysis) is 1. The van der Waals surface area contributed by atoms with Gasteiger partial charge in [-0.2, -0.15) is 54.0 Å². The Kier molecular flexibility index (Phi) is 31.0. The highest BCUT2D eigenvalue weighted by molar-refractivity contribution is 7.59. The summed E-state index contributed by atoms with van der Waals surface area (Å²) in [5, 5.41) is 24.3. The van der Waals surface area contributed by atoms with Gasteiger partial charge in [-0.05, 0) is 79.2 Å². The van der Waals surface area contributed by atoms with E-state index in [1.54, 1.807) is 0 Å². The molecule has 0 bridgehead atoms. The van der Waals surface area contributed by atoms with Gasteiger partial charge in [-0.25, -0.2) is 4.79 Å². The summed E-state index contributed by atoms with van der Waals surface area (Å²) in [6, 6.07) is 0.236. The number of carbonyl (C=O) groups excluding carboxylic acids is 1. The second-order valence-corrected chi connectivity index (χ2v) is 8.46. The number of ether oxygens (including phenoxy) is 2. The molecule has 0 unspecified atom stereocenters. The monoisotopic (exact) mass is 540 g/mol. The number of hydrogen-bond donors (Lipinski definition) is 4. The fourth-order valence-corrected chi connectivity index (χ4v) is 3.36. The predicted molar refractivity (Wildman–Crippen MR) is 154 cm³/mol. The second kappa shape index (κ2) is 23.3. The van der Waals surface area contributed by atoms with E-state index >= 15 is 0 Å². The molecule has 3 rings (SSSR count). The number of hydrogen-bond acceptors (Lipinski definition) is 6. The van der Waals surface area contributed by atoms with E-state index in [1.807, 2.05) is 27.8 Å². The van der Waals surface area contributed by atoms with Crippen molar-refractivity contribution in [3.8, 4) is 0 Å². The van der Waals surface area contributed by atoms with Gasteiger partial charge < -0.3 is 30.3 Å². The molecular formula is C21H52N2O5S4. The number of carbonyl (C=O) groups is 1. The molecule has 0 spiro atoms. The average molecular weight is 541 g/mol. The van der Waals surface area contributed by atoms with Gasteiger partial charge in [-0.3, -0.25) is 0 Å². The molecule has 1 aliphatic heterocycles.